The first-order chi connectivity index (χ1) is 12.3. The lowest BCUT2D eigenvalue weighted by molar-refractivity contribution is 0.100. The zero-order chi connectivity index (χ0) is 19.0. The molecule has 0 fully saturated rings. The molecule has 3 rings (SSSR count). The van der Waals surface area contributed by atoms with Crippen LogP contribution in [-0.4, -0.2) is 22.2 Å². The van der Waals surface area contributed by atoms with E-state index in [0.29, 0.717) is 36.1 Å². The maximum Gasteiger partial charge on any atom is 0.259 e. The van der Waals surface area contributed by atoms with Gasteiger partial charge in [0.1, 0.15) is 4.34 Å². The molecule has 0 saturated heterocycles. The maximum absolute atomic E-state index is 12.1. The largest absolute Gasteiger partial charge is 0.365 e. The number of rotatable bonds is 5. The number of aromatic nitrogens is 2. The van der Waals surface area contributed by atoms with E-state index in [9.17, 15) is 4.79 Å². The van der Waals surface area contributed by atoms with E-state index < -0.39 is 5.91 Å². The van der Waals surface area contributed by atoms with Gasteiger partial charge >= 0.3 is 0 Å². The van der Waals surface area contributed by atoms with Gasteiger partial charge in [-0.15, -0.1) is 11.3 Å². The number of primary amides is 1. The van der Waals surface area contributed by atoms with Crippen LogP contribution in [0.15, 0.2) is 30.5 Å². The van der Waals surface area contributed by atoms with Gasteiger partial charge in [-0.25, -0.2) is 0 Å². The summed E-state index contributed by atoms with van der Waals surface area (Å²) in [7, 11) is 1.75. The highest BCUT2D eigenvalue weighted by Gasteiger charge is 2.30. The molecule has 9 heteroatoms. The van der Waals surface area contributed by atoms with Crippen LogP contribution < -0.4 is 11.5 Å². The summed E-state index contributed by atoms with van der Waals surface area (Å²) < 4.78 is 2.02. The Bertz CT molecular complexity index is 946. The molecule has 1 aromatic carbocycles. The minimum absolute atomic E-state index is 0.247. The summed E-state index contributed by atoms with van der Waals surface area (Å²) in [4.78, 5) is 12.4. The Kier molecular flexibility index (Phi) is 5.60. The normalized spacial score (nSPS) is 12.3. The molecule has 1 amide bonds. The summed E-state index contributed by atoms with van der Waals surface area (Å²) in [6.07, 6.45) is 1.53. The number of nitrogens with zero attached hydrogens (tertiary/aromatic N) is 2. The standard InChI is InChI=1S/C17H15Cl3N4OS/c1-24-14(11(19)7-23-24)13-12(15(17(22)25)26-16(13)20)10(6-21)8-2-4-9(18)5-3-8/h2-5,7,10H,6,21H2,1H3,(H2,22,25). The molecule has 2 heterocycles. The molecule has 0 aliphatic carbocycles. The Morgan fingerprint density at radius 1 is 1.27 bits per heavy atom. The first-order valence-corrected chi connectivity index (χ1v) is 9.55. The Morgan fingerprint density at radius 3 is 2.42 bits per heavy atom. The fraction of sp³-hybridized carbons (Fsp3) is 0.176. The highest BCUT2D eigenvalue weighted by Crippen LogP contribution is 2.47. The van der Waals surface area contributed by atoms with E-state index in [-0.39, 0.29) is 12.5 Å². The second kappa shape index (κ2) is 7.58. The number of nitrogens with two attached hydrogens (primary N) is 2. The van der Waals surface area contributed by atoms with Gasteiger partial charge in [0.25, 0.3) is 5.91 Å². The number of hydrogen-bond acceptors (Lipinski definition) is 4. The molecule has 0 bridgehead atoms. The van der Waals surface area contributed by atoms with Crippen molar-refractivity contribution in [2.24, 2.45) is 18.5 Å². The van der Waals surface area contributed by atoms with Crippen molar-refractivity contribution in [3.63, 3.8) is 0 Å². The van der Waals surface area contributed by atoms with Crippen molar-refractivity contribution in [1.82, 2.24) is 9.78 Å². The van der Waals surface area contributed by atoms with Gasteiger partial charge in [-0.05, 0) is 23.3 Å². The van der Waals surface area contributed by atoms with Crippen LogP contribution >= 0.6 is 46.1 Å². The molecule has 136 valence electrons. The fourth-order valence-electron chi connectivity index (χ4n) is 2.96. The smallest absolute Gasteiger partial charge is 0.259 e. The van der Waals surface area contributed by atoms with E-state index in [1.54, 1.807) is 23.9 Å². The van der Waals surface area contributed by atoms with Crippen molar-refractivity contribution in [3.05, 3.63) is 60.8 Å². The highest BCUT2D eigenvalue weighted by atomic mass is 35.5. The number of carbonyl (C=O) groups is 1. The highest BCUT2D eigenvalue weighted by molar-refractivity contribution is 7.18. The van der Waals surface area contributed by atoms with Crippen molar-refractivity contribution in [3.8, 4) is 11.3 Å². The summed E-state index contributed by atoms with van der Waals surface area (Å²) in [6.45, 7) is 0.247. The zero-order valence-corrected chi connectivity index (χ0v) is 16.8. The summed E-state index contributed by atoms with van der Waals surface area (Å²) in [5.41, 5.74) is 14.5. The van der Waals surface area contributed by atoms with Crippen LogP contribution in [0.5, 0.6) is 0 Å². The quantitative estimate of drug-likeness (QED) is 0.634. The molecule has 3 aromatic rings. The van der Waals surface area contributed by atoms with Crippen LogP contribution in [-0.2, 0) is 7.05 Å². The third-order valence-electron chi connectivity index (χ3n) is 4.11. The SMILES string of the molecule is Cn1ncc(Cl)c1-c1c(Cl)sc(C(N)=O)c1C(CN)c1ccc(Cl)cc1. The number of aryl methyl sites for hydroxylation is 1. The number of thiophene rings is 1. The molecule has 1 unspecified atom stereocenters. The van der Waals surface area contributed by atoms with Crippen LogP contribution in [0, 0.1) is 0 Å². The van der Waals surface area contributed by atoms with E-state index in [1.165, 1.54) is 6.20 Å². The molecule has 0 spiro atoms. The Hall–Kier alpha value is -1.57. The molecule has 1 atom stereocenters. The van der Waals surface area contributed by atoms with Crippen LogP contribution in [0.2, 0.25) is 14.4 Å². The van der Waals surface area contributed by atoms with Crippen molar-refractivity contribution in [2.45, 2.75) is 5.92 Å². The van der Waals surface area contributed by atoms with Crippen molar-refractivity contribution in [2.75, 3.05) is 6.54 Å². The van der Waals surface area contributed by atoms with E-state index in [0.717, 1.165) is 16.9 Å². The maximum atomic E-state index is 12.1. The van der Waals surface area contributed by atoms with Gasteiger partial charge in [-0.2, -0.15) is 5.10 Å². The fourth-order valence-corrected chi connectivity index (χ4v) is 4.71. The topological polar surface area (TPSA) is 86.9 Å². The van der Waals surface area contributed by atoms with E-state index >= 15 is 0 Å². The number of amides is 1. The Balaban J connectivity index is 2.30. The van der Waals surface area contributed by atoms with Gasteiger partial charge in [-0.1, -0.05) is 46.9 Å². The van der Waals surface area contributed by atoms with Crippen molar-refractivity contribution >= 4 is 52.0 Å². The molecule has 2 aromatic heterocycles. The first-order valence-electron chi connectivity index (χ1n) is 7.60. The number of carbonyl (C=O) groups excluding carboxylic acids is 1. The summed E-state index contributed by atoms with van der Waals surface area (Å²) in [6, 6.07) is 7.28. The average molecular weight is 430 g/mol. The molecular formula is C17H15Cl3N4OS. The third kappa shape index (κ3) is 3.35. The van der Waals surface area contributed by atoms with Crippen LogP contribution in [0.25, 0.3) is 11.3 Å². The number of benzene rings is 1. The minimum atomic E-state index is -0.566. The van der Waals surface area contributed by atoms with Crippen LogP contribution in [0.3, 0.4) is 0 Å². The second-order valence-electron chi connectivity index (χ2n) is 5.66. The molecule has 0 aliphatic heterocycles. The number of halogens is 3. The molecule has 4 N–H and O–H groups in total. The lowest BCUT2D eigenvalue weighted by atomic mass is 9.88. The Morgan fingerprint density at radius 2 is 1.92 bits per heavy atom. The minimum Gasteiger partial charge on any atom is -0.365 e. The van der Waals surface area contributed by atoms with Gasteiger partial charge in [0.2, 0.25) is 0 Å². The zero-order valence-electron chi connectivity index (χ0n) is 13.7. The number of hydrogen-bond donors (Lipinski definition) is 2. The molecule has 0 aliphatic rings. The van der Waals surface area contributed by atoms with Crippen molar-refractivity contribution in [1.29, 1.82) is 0 Å². The van der Waals surface area contributed by atoms with Gasteiger partial charge < -0.3 is 11.5 Å². The van der Waals surface area contributed by atoms with Gasteiger partial charge in [0, 0.05) is 30.1 Å². The lowest BCUT2D eigenvalue weighted by Crippen LogP contribution is -2.19. The monoisotopic (exact) mass is 428 g/mol. The Labute approximate surface area is 169 Å². The molecular weight excluding hydrogens is 415 g/mol. The van der Waals surface area contributed by atoms with E-state index in [1.807, 2.05) is 12.1 Å². The predicted molar refractivity (Wildman–Crippen MR) is 107 cm³/mol. The van der Waals surface area contributed by atoms with E-state index in [2.05, 4.69) is 5.10 Å². The summed E-state index contributed by atoms with van der Waals surface area (Å²) in [5, 5.41) is 5.20. The summed E-state index contributed by atoms with van der Waals surface area (Å²) in [5.74, 6) is -0.872. The average Bonchev–Trinajstić information content (AvgIpc) is 3.10. The van der Waals surface area contributed by atoms with Gasteiger partial charge in [-0.3, -0.25) is 9.48 Å². The van der Waals surface area contributed by atoms with Gasteiger partial charge in [0.15, 0.2) is 0 Å². The lowest BCUT2D eigenvalue weighted by Gasteiger charge is -2.19. The van der Waals surface area contributed by atoms with Crippen LogP contribution in [0.4, 0.5) is 0 Å². The van der Waals surface area contributed by atoms with Crippen molar-refractivity contribution < 1.29 is 4.79 Å². The van der Waals surface area contributed by atoms with Crippen LogP contribution in [0.1, 0.15) is 26.7 Å². The predicted octanol–water partition coefficient (Wildman–Crippen LogP) is 4.30. The molecule has 0 radical (unpaired) electrons. The molecule has 5 nitrogen and oxygen atoms in total. The van der Waals surface area contributed by atoms with E-state index in [4.69, 9.17) is 46.3 Å². The first kappa shape index (κ1) is 19.2. The second-order valence-corrected chi connectivity index (χ2v) is 8.13. The third-order valence-corrected chi connectivity index (χ3v) is 6.07. The molecule has 26 heavy (non-hydrogen) atoms. The summed E-state index contributed by atoms with van der Waals surface area (Å²) >= 11 is 19.9. The molecule has 0 saturated carbocycles. The van der Waals surface area contributed by atoms with Gasteiger partial charge in [0.05, 0.1) is 21.8 Å².